The highest BCUT2D eigenvalue weighted by atomic mass is 32.1. The Morgan fingerprint density at radius 3 is 2.38 bits per heavy atom. The van der Waals surface area contributed by atoms with Crippen molar-refractivity contribution in [2.75, 3.05) is 10.6 Å². The summed E-state index contributed by atoms with van der Waals surface area (Å²) >= 11 is 1.26. The summed E-state index contributed by atoms with van der Waals surface area (Å²) in [6, 6.07) is 13.9. The summed E-state index contributed by atoms with van der Waals surface area (Å²) in [5.41, 5.74) is 3.34. The van der Waals surface area contributed by atoms with Gasteiger partial charge in [0.2, 0.25) is 5.91 Å². The van der Waals surface area contributed by atoms with Gasteiger partial charge in [0.05, 0.1) is 16.7 Å². The summed E-state index contributed by atoms with van der Waals surface area (Å²) < 4.78 is 13.8. The summed E-state index contributed by atoms with van der Waals surface area (Å²) in [5.74, 6) is -0.702. The Morgan fingerprint density at radius 2 is 1.69 bits per heavy atom. The number of benzene rings is 2. The summed E-state index contributed by atoms with van der Waals surface area (Å²) in [6.45, 7) is 4.11. The number of carbonyl (C=O) groups is 2. The van der Waals surface area contributed by atoms with E-state index in [4.69, 9.17) is 0 Å². The van der Waals surface area contributed by atoms with Crippen molar-refractivity contribution < 1.29 is 14.0 Å². The lowest BCUT2D eigenvalue weighted by Crippen LogP contribution is -2.15. The van der Waals surface area contributed by atoms with Crippen molar-refractivity contribution in [3.05, 3.63) is 75.9 Å². The number of amides is 2. The molecule has 4 rings (SSSR count). The van der Waals surface area contributed by atoms with E-state index in [1.54, 1.807) is 24.3 Å². The molecule has 0 bridgehead atoms. The standard InChI is InChI=1S/C24H23FN4O2S/c1-3-14-9-7-10-15(4-2)21(14)27-23(31)19-13-17-22(28-29-24(17)32-19)26-20(30)12-16-8-5-6-11-18(16)25/h5-11,13H,3-4,12H2,1-2H3,(H,27,31)(H2,26,28,29,30). The molecule has 0 fully saturated rings. The largest absolute Gasteiger partial charge is 0.321 e. The van der Waals surface area contributed by atoms with Crippen LogP contribution < -0.4 is 10.6 Å². The molecule has 0 aliphatic heterocycles. The molecule has 164 valence electrons. The molecule has 6 nitrogen and oxygen atoms in total. The molecule has 2 aromatic carbocycles. The monoisotopic (exact) mass is 450 g/mol. The van der Waals surface area contributed by atoms with Crippen molar-refractivity contribution in [3.63, 3.8) is 0 Å². The first-order valence-corrected chi connectivity index (χ1v) is 11.2. The Hall–Kier alpha value is -3.52. The van der Waals surface area contributed by atoms with E-state index in [9.17, 15) is 14.0 Å². The van der Waals surface area contributed by atoms with Crippen LogP contribution in [0.2, 0.25) is 0 Å². The average Bonchev–Trinajstić information content (AvgIpc) is 3.37. The van der Waals surface area contributed by atoms with Crippen LogP contribution in [-0.4, -0.2) is 22.0 Å². The molecule has 0 unspecified atom stereocenters. The van der Waals surface area contributed by atoms with Crippen molar-refractivity contribution in [2.24, 2.45) is 0 Å². The molecule has 0 radical (unpaired) electrons. The highest BCUT2D eigenvalue weighted by Crippen LogP contribution is 2.31. The number of thiophene rings is 1. The van der Waals surface area contributed by atoms with Gasteiger partial charge in [0.25, 0.3) is 5.91 Å². The van der Waals surface area contributed by atoms with E-state index < -0.39 is 5.82 Å². The van der Waals surface area contributed by atoms with E-state index >= 15 is 0 Å². The lowest BCUT2D eigenvalue weighted by atomic mass is 10.0. The fourth-order valence-corrected chi connectivity index (χ4v) is 4.49. The second kappa shape index (κ2) is 9.32. The van der Waals surface area contributed by atoms with Crippen molar-refractivity contribution >= 4 is 44.9 Å². The van der Waals surface area contributed by atoms with Gasteiger partial charge in [-0.25, -0.2) is 4.39 Å². The summed E-state index contributed by atoms with van der Waals surface area (Å²) in [7, 11) is 0. The smallest absolute Gasteiger partial charge is 0.265 e. The third-order valence-electron chi connectivity index (χ3n) is 5.28. The second-order valence-corrected chi connectivity index (χ2v) is 8.41. The minimum absolute atomic E-state index is 0.105. The number of halogens is 1. The first kappa shape index (κ1) is 21.7. The van der Waals surface area contributed by atoms with E-state index in [-0.39, 0.29) is 18.2 Å². The first-order valence-electron chi connectivity index (χ1n) is 10.4. The number of hydrogen-bond donors (Lipinski definition) is 3. The first-order chi connectivity index (χ1) is 15.5. The van der Waals surface area contributed by atoms with Crippen LogP contribution in [0.5, 0.6) is 0 Å². The van der Waals surface area contributed by atoms with Crippen LogP contribution in [0.3, 0.4) is 0 Å². The molecule has 2 heterocycles. The van der Waals surface area contributed by atoms with Gasteiger partial charge in [-0.3, -0.25) is 14.7 Å². The minimum Gasteiger partial charge on any atom is -0.321 e. The Morgan fingerprint density at radius 1 is 1.00 bits per heavy atom. The minimum atomic E-state index is -0.428. The normalized spacial score (nSPS) is 11.0. The number of fused-ring (bicyclic) bond motifs is 1. The predicted molar refractivity (Wildman–Crippen MR) is 126 cm³/mol. The van der Waals surface area contributed by atoms with Gasteiger partial charge in [-0.2, -0.15) is 5.10 Å². The number of nitrogens with zero attached hydrogens (tertiary/aromatic N) is 1. The van der Waals surface area contributed by atoms with E-state index in [0.29, 0.717) is 26.5 Å². The highest BCUT2D eigenvalue weighted by molar-refractivity contribution is 7.20. The molecule has 8 heteroatoms. The van der Waals surface area contributed by atoms with Gasteiger partial charge in [0.15, 0.2) is 5.82 Å². The zero-order chi connectivity index (χ0) is 22.7. The Kier molecular flexibility index (Phi) is 6.32. The Balaban J connectivity index is 1.52. The lowest BCUT2D eigenvalue weighted by molar-refractivity contribution is -0.115. The number of anilines is 2. The number of hydrogen-bond acceptors (Lipinski definition) is 4. The fraction of sp³-hybridized carbons (Fsp3) is 0.208. The quantitative estimate of drug-likeness (QED) is 0.356. The van der Waals surface area contributed by atoms with Crippen LogP contribution in [0.4, 0.5) is 15.9 Å². The van der Waals surface area contributed by atoms with Gasteiger partial charge in [-0.15, -0.1) is 11.3 Å². The molecule has 0 saturated carbocycles. The molecular formula is C24H23FN4O2S. The molecule has 2 aromatic heterocycles. The average molecular weight is 451 g/mol. The molecule has 4 aromatic rings. The summed E-state index contributed by atoms with van der Waals surface area (Å²) in [6.07, 6.45) is 1.53. The van der Waals surface area contributed by atoms with Crippen LogP contribution in [0, 0.1) is 5.82 Å². The van der Waals surface area contributed by atoms with Gasteiger partial charge in [-0.1, -0.05) is 50.2 Å². The van der Waals surface area contributed by atoms with Crippen LogP contribution >= 0.6 is 11.3 Å². The third-order valence-corrected chi connectivity index (χ3v) is 6.32. The third kappa shape index (κ3) is 4.40. The molecule has 0 aliphatic carbocycles. The zero-order valence-corrected chi connectivity index (χ0v) is 18.6. The number of para-hydroxylation sites is 1. The molecule has 0 aliphatic rings. The number of aryl methyl sites for hydroxylation is 2. The van der Waals surface area contributed by atoms with Crippen LogP contribution in [0.15, 0.2) is 48.5 Å². The topological polar surface area (TPSA) is 86.9 Å². The maximum atomic E-state index is 13.8. The van der Waals surface area contributed by atoms with Crippen LogP contribution in [0.25, 0.3) is 10.2 Å². The summed E-state index contributed by atoms with van der Waals surface area (Å²) in [5, 5.41) is 13.4. The molecule has 0 atom stereocenters. The van der Waals surface area contributed by atoms with E-state index in [0.717, 1.165) is 29.7 Å². The van der Waals surface area contributed by atoms with Gasteiger partial charge in [-0.05, 0) is 41.7 Å². The highest BCUT2D eigenvalue weighted by Gasteiger charge is 2.18. The fourth-order valence-electron chi connectivity index (χ4n) is 3.59. The maximum absolute atomic E-state index is 13.8. The van der Waals surface area contributed by atoms with E-state index in [1.165, 1.54) is 17.4 Å². The number of carbonyl (C=O) groups excluding carboxylic acids is 2. The molecule has 0 saturated heterocycles. The molecule has 2 amide bonds. The van der Waals surface area contributed by atoms with E-state index in [2.05, 4.69) is 34.7 Å². The van der Waals surface area contributed by atoms with E-state index in [1.807, 2.05) is 18.2 Å². The van der Waals surface area contributed by atoms with Crippen molar-refractivity contribution in [3.8, 4) is 0 Å². The van der Waals surface area contributed by atoms with Gasteiger partial charge >= 0.3 is 0 Å². The number of rotatable bonds is 7. The van der Waals surface area contributed by atoms with Gasteiger partial charge < -0.3 is 10.6 Å². The second-order valence-electron chi connectivity index (χ2n) is 7.35. The van der Waals surface area contributed by atoms with Crippen LogP contribution in [-0.2, 0) is 24.1 Å². The SMILES string of the molecule is CCc1cccc(CC)c1NC(=O)c1cc2c(NC(=O)Cc3ccccc3F)n[nH]c2s1. The number of aromatic amines is 1. The Labute approximate surface area is 188 Å². The number of aromatic nitrogens is 2. The van der Waals surface area contributed by atoms with Crippen molar-refractivity contribution in [1.82, 2.24) is 10.2 Å². The lowest BCUT2D eigenvalue weighted by Gasteiger charge is -2.13. The summed E-state index contributed by atoms with van der Waals surface area (Å²) in [4.78, 5) is 26.5. The van der Waals surface area contributed by atoms with Crippen molar-refractivity contribution in [2.45, 2.75) is 33.1 Å². The Bertz CT molecular complexity index is 1270. The van der Waals surface area contributed by atoms with Gasteiger partial charge in [0.1, 0.15) is 10.6 Å². The number of nitrogens with one attached hydrogen (secondary N) is 3. The van der Waals surface area contributed by atoms with Crippen molar-refractivity contribution in [1.29, 1.82) is 0 Å². The maximum Gasteiger partial charge on any atom is 0.265 e. The molecule has 3 N–H and O–H groups in total. The van der Waals surface area contributed by atoms with Crippen LogP contribution in [0.1, 0.15) is 40.2 Å². The molecular weight excluding hydrogens is 427 g/mol. The molecule has 32 heavy (non-hydrogen) atoms. The number of H-pyrrole nitrogens is 1. The van der Waals surface area contributed by atoms with Gasteiger partial charge in [0, 0.05) is 5.69 Å². The molecule has 0 spiro atoms. The zero-order valence-electron chi connectivity index (χ0n) is 17.8. The predicted octanol–water partition coefficient (Wildman–Crippen LogP) is 5.32.